The first-order valence-electron chi connectivity index (χ1n) is 8.19. The second-order valence-electron chi connectivity index (χ2n) is 5.14. The Kier molecular flexibility index (Phi) is 20.8. The number of ether oxygens (including phenoxy) is 2. The van der Waals surface area contributed by atoms with Crippen LogP contribution in [0.3, 0.4) is 0 Å². The average Bonchev–Trinajstić information content (AvgIpc) is 2.47. The van der Waals surface area contributed by atoms with Crippen LogP contribution in [0.1, 0.15) is 64.2 Å². The summed E-state index contributed by atoms with van der Waals surface area (Å²) in [6.07, 6.45) is 12.5. The standard InChI is InChI=1S/C16H32Br2O2/c17-11-5-9-15-19-13-7-3-1-2-4-8-14-20-16-10-6-12-18/h1-16H2. The summed E-state index contributed by atoms with van der Waals surface area (Å²) < 4.78 is 11.2. The van der Waals surface area contributed by atoms with Gasteiger partial charge in [-0.15, -0.1) is 0 Å². The van der Waals surface area contributed by atoms with E-state index in [1.54, 1.807) is 0 Å². The van der Waals surface area contributed by atoms with Gasteiger partial charge in [-0.1, -0.05) is 57.5 Å². The first-order chi connectivity index (χ1) is 9.91. The number of hydrogen-bond donors (Lipinski definition) is 0. The fraction of sp³-hybridized carbons (Fsp3) is 1.00. The van der Waals surface area contributed by atoms with Gasteiger partial charge in [-0.05, 0) is 38.5 Å². The van der Waals surface area contributed by atoms with E-state index < -0.39 is 0 Å². The lowest BCUT2D eigenvalue weighted by molar-refractivity contribution is 0.124. The second-order valence-corrected chi connectivity index (χ2v) is 6.72. The van der Waals surface area contributed by atoms with Gasteiger partial charge >= 0.3 is 0 Å². The third-order valence-electron chi connectivity index (χ3n) is 3.17. The van der Waals surface area contributed by atoms with E-state index in [9.17, 15) is 0 Å². The molecule has 0 amide bonds. The Hall–Kier alpha value is 0.880. The molecule has 20 heavy (non-hydrogen) atoms. The zero-order chi connectivity index (χ0) is 14.7. The van der Waals surface area contributed by atoms with Gasteiger partial charge < -0.3 is 9.47 Å². The third-order valence-corrected chi connectivity index (χ3v) is 4.29. The first kappa shape index (κ1) is 20.9. The zero-order valence-corrected chi connectivity index (χ0v) is 16.1. The topological polar surface area (TPSA) is 18.5 Å². The van der Waals surface area contributed by atoms with Crippen molar-refractivity contribution in [1.29, 1.82) is 0 Å². The van der Waals surface area contributed by atoms with E-state index in [1.165, 1.54) is 64.2 Å². The van der Waals surface area contributed by atoms with Gasteiger partial charge in [0.2, 0.25) is 0 Å². The normalized spacial score (nSPS) is 11.1. The summed E-state index contributed by atoms with van der Waals surface area (Å²) in [5.74, 6) is 0. The number of rotatable bonds is 17. The molecule has 0 N–H and O–H groups in total. The molecule has 0 radical (unpaired) electrons. The molecule has 0 rings (SSSR count). The summed E-state index contributed by atoms with van der Waals surface area (Å²) in [6.45, 7) is 3.74. The molecule has 0 aromatic heterocycles. The van der Waals surface area contributed by atoms with Crippen molar-refractivity contribution in [2.24, 2.45) is 0 Å². The Bertz CT molecular complexity index is 151. The van der Waals surface area contributed by atoms with Crippen LogP contribution in [0.4, 0.5) is 0 Å². The summed E-state index contributed by atoms with van der Waals surface area (Å²) in [6, 6.07) is 0. The van der Waals surface area contributed by atoms with Crippen LogP contribution in [0.5, 0.6) is 0 Å². The highest BCUT2D eigenvalue weighted by Gasteiger charge is 1.94. The maximum atomic E-state index is 5.58. The van der Waals surface area contributed by atoms with Crippen molar-refractivity contribution in [2.45, 2.75) is 64.2 Å². The molecule has 0 aromatic carbocycles. The average molecular weight is 416 g/mol. The van der Waals surface area contributed by atoms with Gasteiger partial charge in [-0.25, -0.2) is 0 Å². The van der Waals surface area contributed by atoms with E-state index in [0.717, 1.165) is 37.1 Å². The molecule has 0 spiro atoms. The van der Waals surface area contributed by atoms with Crippen molar-refractivity contribution in [3.05, 3.63) is 0 Å². The van der Waals surface area contributed by atoms with E-state index in [4.69, 9.17) is 9.47 Å². The molecular formula is C16H32Br2O2. The van der Waals surface area contributed by atoms with Crippen LogP contribution in [0.15, 0.2) is 0 Å². The minimum absolute atomic E-state index is 0.929. The summed E-state index contributed by atoms with van der Waals surface area (Å²) >= 11 is 6.86. The molecule has 0 aliphatic heterocycles. The smallest absolute Gasteiger partial charge is 0.0466 e. The molecule has 0 bridgehead atoms. The van der Waals surface area contributed by atoms with E-state index in [0.29, 0.717) is 0 Å². The Morgan fingerprint density at radius 1 is 0.400 bits per heavy atom. The highest BCUT2D eigenvalue weighted by molar-refractivity contribution is 9.09. The van der Waals surface area contributed by atoms with Crippen LogP contribution >= 0.6 is 31.9 Å². The Morgan fingerprint density at radius 2 is 0.700 bits per heavy atom. The molecular weight excluding hydrogens is 384 g/mol. The SMILES string of the molecule is BrCCCCOCCCCCCCCOCCCCBr. The summed E-state index contributed by atoms with van der Waals surface area (Å²) in [5.41, 5.74) is 0. The van der Waals surface area contributed by atoms with Crippen molar-refractivity contribution >= 4 is 31.9 Å². The van der Waals surface area contributed by atoms with Crippen LogP contribution in [0.25, 0.3) is 0 Å². The van der Waals surface area contributed by atoms with Gasteiger partial charge in [-0.2, -0.15) is 0 Å². The molecule has 0 heterocycles. The molecule has 2 nitrogen and oxygen atoms in total. The number of hydrogen-bond acceptors (Lipinski definition) is 2. The van der Waals surface area contributed by atoms with E-state index >= 15 is 0 Å². The molecule has 0 atom stereocenters. The van der Waals surface area contributed by atoms with Crippen LogP contribution in [-0.2, 0) is 9.47 Å². The Balaban J connectivity index is 2.89. The minimum Gasteiger partial charge on any atom is -0.381 e. The van der Waals surface area contributed by atoms with Crippen molar-refractivity contribution in [1.82, 2.24) is 0 Å². The molecule has 122 valence electrons. The Labute approximate surface area is 142 Å². The monoisotopic (exact) mass is 414 g/mol. The highest BCUT2D eigenvalue weighted by Crippen LogP contribution is 2.06. The molecule has 0 fully saturated rings. The maximum Gasteiger partial charge on any atom is 0.0466 e. The lowest BCUT2D eigenvalue weighted by Crippen LogP contribution is -1.98. The largest absolute Gasteiger partial charge is 0.381 e. The van der Waals surface area contributed by atoms with Crippen LogP contribution in [0.2, 0.25) is 0 Å². The summed E-state index contributed by atoms with van der Waals surface area (Å²) in [7, 11) is 0. The molecule has 0 saturated heterocycles. The molecule has 0 aliphatic rings. The van der Waals surface area contributed by atoms with Crippen molar-refractivity contribution in [3.63, 3.8) is 0 Å². The Morgan fingerprint density at radius 3 is 1.05 bits per heavy atom. The second kappa shape index (κ2) is 19.9. The van der Waals surface area contributed by atoms with Gasteiger partial charge in [0.05, 0.1) is 0 Å². The van der Waals surface area contributed by atoms with Crippen LogP contribution < -0.4 is 0 Å². The number of halogens is 2. The van der Waals surface area contributed by atoms with Crippen molar-refractivity contribution < 1.29 is 9.47 Å². The van der Waals surface area contributed by atoms with Crippen molar-refractivity contribution in [3.8, 4) is 0 Å². The zero-order valence-electron chi connectivity index (χ0n) is 12.9. The summed E-state index contributed by atoms with van der Waals surface area (Å²) in [5, 5.41) is 2.19. The molecule has 0 saturated carbocycles. The van der Waals surface area contributed by atoms with Gasteiger partial charge in [0.1, 0.15) is 0 Å². The lowest BCUT2D eigenvalue weighted by atomic mass is 10.1. The predicted molar refractivity (Wildman–Crippen MR) is 95.4 cm³/mol. The van der Waals surface area contributed by atoms with Crippen LogP contribution in [-0.4, -0.2) is 37.1 Å². The third kappa shape index (κ3) is 18.9. The quantitative estimate of drug-likeness (QED) is 0.223. The highest BCUT2D eigenvalue weighted by atomic mass is 79.9. The fourth-order valence-electron chi connectivity index (χ4n) is 1.92. The van der Waals surface area contributed by atoms with Gasteiger partial charge in [-0.3, -0.25) is 0 Å². The number of unbranched alkanes of at least 4 members (excludes halogenated alkanes) is 7. The lowest BCUT2D eigenvalue weighted by Gasteiger charge is -2.05. The first-order valence-corrected chi connectivity index (χ1v) is 10.4. The van der Waals surface area contributed by atoms with E-state index in [-0.39, 0.29) is 0 Å². The van der Waals surface area contributed by atoms with Crippen LogP contribution in [0, 0.1) is 0 Å². The summed E-state index contributed by atoms with van der Waals surface area (Å²) in [4.78, 5) is 0. The number of alkyl halides is 2. The minimum atomic E-state index is 0.929. The van der Waals surface area contributed by atoms with Crippen molar-refractivity contribution in [2.75, 3.05) is 37.1 Å². The molecule has 4 heteroatoms. The predicted octanol–water partition coefficient (Wildman–Crippen LogP) is 5.71. The molecule has 0 aliphatic carbocycles. The molecule has 0 unspecified atom stereocenters. The molecule has 0 aromatic rings. The van der Waals surface area contributed by atoms with Gasteiger partial charge in [0, 0.05) is 37.1 Å². The van der Waals surface area contributed by atoms with E-state index in [2.05, 4.69) is 31.9 Å². The maximum absolute atomic E-state index is 5.58. The van der Waals surface area contributed by atoms with Gasteiger partial charge in [0.15, 0.2) is 0 Å². The van der Waals surface area contributed by atoms with E-state index in [1.807, 2.05) is 0 Å². The fourth-order valence-corrected chi connectivity index (χ4v) is 2.71. The van der Waals surface area contributed by atoms with Gasteiger partial charge in [0.25, 0.3) is 0 Å².